The third-order valence-electron chi connectivity index (χ3n) is 1.74. The fourth-order valence-corrected chi connectivity index (χ4v) is 1.05. The highest BCUT2D eigenvalue weighted by molar-refractivity contribution is 5.79. The van der Waals surface area contributed by atoms with E-state index < -0.39 is 0 Å². The van der Waals surface area contributed by atoms with E-state index in [9.17, 15) is 4.79 Å². The smallest absolute Gasteiger partial charge is 0.220 e. The highest BCUT2D eigenvalue weighted by Crippen LogP contribution is 2.10. The molecule has 0 aliphatic carbocycles. The Labute approximate surface area is 60.5 Å². The summed E-state index contributed by atoms with van der Waals surface area (Å²) in [6, 6.07) is 0.150. The van der Waals surface area contributed by atoms with Crippen molar-refractivity contribution in [3.63, 3.8) is 0 Å². The molecule has 0 aromatic carbocycles. The zero-order valence-electron chi connectivity index (χ0n) is 6.11. The van der Waals surface area contributed by atoms with Crippen molar-refractivity contribution in [1.82, 2.24) is 10.6 Å². The molecule has 3 heteroatoms. The van der Waals surface area contributed by atoms with Crippen LogP contribution in [0.15, 0.2) is 12.3 Å². The third-order valence-corrected chi connectivity index (χ3v) is 1.74. The molecule has 1 atom stereocenters. The first-order valence-electron chi connectivity index (χ1n) is 3.40. The first kappa shape index (κ1) is 7.12. The van der Waals surface area contributed by atoms with E-state index in [4.69, 9.17) is 0 Å². The Morgan fingerprint density at radius 2 is 2.60 bits per heavy atom. The maximum Gasteiger partial charge on any atom is 0.220 e. The summed E-state index contributed by atoms with van der Waals surface area (Å²) >= 11 is 0. The molecule has 10 heavy (non-hydrogen) atoms. The number of hydrogen-bond acceptors (Lipinski definition) is 2. The Bertz CT molecular complexity index is 165. The minimum atomic E-state index is 0.126. The van der Waals surface area contributed by atoms with Gasteiger partial charge in [0.25, 0.3) is 0 Å². The molecule has 1 fully saturated rings. The Balaban J connectivity index is 2.44. The van der Waals surface area contributed by atoms with Gasteiger partial charge < -0.3 is 10.6 Å². The summed E-state index contributed by atoms with van der Waals surface area (Å²) < 4.78 is 0. The summed E-state index contributed by atoms with van der Waals surface area (Å²) in [4.78, 5) is 10.7. The summed E-state index contributed by atoms with van der Waals surface area (Å²) in [5.41, 5.74) is 0.894. The second kappa shape index (κ2) is 2.73. The van der Waals surface area contributed by atoms with Gasteiger partial charge in [0, 0.05) is 19.2 Å². The molecule has 0 radical (unpaired) electrons. The zero-order valence-corrected chi connectivity index (χ0v) is 6.11. The van der Waals surface area contributed by atoms with Gasteiger partial charge in [-0.2, -0.15) is 0 Å². The maximum atomic E-state index is 10.7. The van der Waals surface area contributed by atoms with Crippen LogP contribution in [0.5, 0.6) is 0 Å². The normalized spacial score (nSPS) is 24.1. The van der Waals surface area contributed by atoms with Crippen molar-refractivity contribution < 1.29 is 4.79 Å². The number of rotatable bonds is 2. The van der Waals surface area contributed by atoms with Gasteiger partial charge in [-0.25, -0.2) is 0 Å². The van der Waals surface area contributed by atoms with Crippen molar-refractivity contribution >= 4 is 5.91 Å². The molecule has 56 valence electrons. The maximum absolute atomic E-state index is 10.7. The van der Waals surface area contributed by atoms with Crippen molar-refractivity contribution in [2.24, 2.45) is 0 Å². The first-order valence-corrected chi connectivity index (χ1v) is 3.40. The van der Waals surface area contributed by atoms with Gasteiger partial charge in [-0.1, -0.05) is 6.58 Å². The Morgan fingerprint density at radius 3 is 3.00 bits per heavy atom. The van der Waals surface area contributed by atoms with Gasteiger partial charge in [-0.05, 0) is 6.42 Å². The van der Waals surface area contributed by atoms with Crippen LogP contribution in [-0.2, 0) is 4.79 Å². The number of amides is 1. The molecule has 1 saturated heterocycles. The molecule has 0 bridgehead atoms. The molecule has 0 aromatic rings. The van der Waals surface area contributed by atoms with E-state index in [1.807, 2.05) is 7.05 Å². The molecule has 2 N–H and O–H groups in total. The van der Waals surface area contributed by atoms with E-state index in [1.165, 1.54) is 0 Å². The number of carbonyl (C=O) groups is 1. The SMILES string of the molecule is C=C(NC)[C@H]1CCC(=O)N1. The predicted molar refractivity (Wildman–Crippen MR) is 39.4 cm³/mol. The molecule has 0 spiro atoms. The summed E-state index contributed by atoms with van der Waals surface area (Å²) in [7, 11) is 1.81. The molecular weight excluding hydrogens is 128 g/mol. The second-order valence-electron chi connectivity index (χ2n) is 2.43. The number of hydrogen-bond donors (Lipinski definition) is 2. The topological polar surface area (TPSA) is 41.1 Å². The lowest BCUT2D eigenvalue weighted by molar-refractivity contribution is -0.119. The summed E-state index contributed by atoms with van der Waals surface area (Å²) in [6.45, 7) is 3.76. The molecule has 1 amide bonds. The highest BCUT2D eigenvalue weighted by Gasteiger charge is 2.21. The lowest BCUT2D eigenvalue weighted by Crippen LogP contribution is -2.31. The van der Waals surface area contributed by atoms with E-state index in [0.29, 0.717) is 6.42 Å². The van der Waals surface area contributed by atoms with Gasteiger partial charge in [-0.15, -0.1) is 0 Å². The predicted octanol–water partition coefficient (Wildman–Crippen LogP) is -0.00190. The van der Waals surface area contributed by atoms with Crippen molar-refractivity contribution in [3.8, 4) is 0 Å². The van der Waals surface area contributed by atoms with Crippen molar-refractivity contribution in [3.05, 3.63) is 12.3 Å². The van der Waals surface area contributed by atoms with E-state index >= 15 is 0 Å². The van der Waals surface area contributed by atoms with Crippen molar-refractivity contribution in [2.75, 3.05) is 7.05 Å². The Hall–Kier alpha value is -0.990. The van der Waals surface area contributed by atoms with Crippen LogP contribution in [0.2, 0.25) is 0 Å². The van der Waals surface area contributed by atoms with Gasteiger partial charge in [0.1, 0.15) is 0 Å². The highest BCUT2D eigenvalue weighted by atomic mass is 16.1. The van der Waals surface area contributed by atoms with Crippen molar-refractivity contribution in [2.45, 2.75) is 18.9 Å². The van der Waals surface area contributed by atoms with E-state index in [1.54, 1.807) is 0 Å². The number of likely N-dealkylation sites (N-methyl/N-ethyl adjacent to an activating group) is 1. The molecule has 3 nitrogen and oxygen atoms in total. The average Bonchev–Trinajstić information content (AvgIpc) is 2.34. The van der Waals surface area contributed by atoms with Gasteiger partial charge in [0.15, 0.2) is 0 Å². The Morgan fingerprint density at radius 1 is 1.90 bits per heavy atom. The van der Waals surface area contributed by atoms with Gasteiger partial charge in [0.05, 0.1) is 6.04 Å². The van der Waals surface area contributed by atoms with Crippen LogP contribution in [0.3, 0.4) is 0 Å². The monoisotopic (exact) mass is 140 g/mol. The van der Waals surface area contributed by atoms with E-state index in [-0.39, 0.29) is 11.9 Å². The summed E-state index contributed by atoms with van der Waals surface area (Å²) in [6.07, 6.45) is 1.50. The zero-order chi connectivity index (χ0) is 7.56. The summed E-state index contributed by atoms with van der Waals surface area (Å²) in [5, 5.41) is 5.72. The van der Waals surface area contributed by atoms with Crippen LogP contribution >= 0.6 is 0 Å². The van der Waals surface area contributed by atoms with Crippen LogP contribution in [0, 0.1) is 0 Å². The molecule has 0 unspecified atom stereocenters. The largest absolute Gasteiger partial charge is 0.390 e. The minimum absolute atomic E-state index is 0.126. The summed E-state index contributed by atoms with van der Waals surface area (Å²) in [5.74, 6) is 0.126. The second-order valence-corrected chi connectivity index (χ2v) is 2.43. The molecule has 1 aliphatic rings. The molecule has 1 rings (SSSR count). The Kier molecular flexibility index (Phi) is 1.94. The van der Waals surface area contributed by atoms with Crippen LogP contribution in [0.25, 0.3) is 0 Å². The molecule has 1 aliphatic heterocycles. The average molecular weight is 140 g/mol. The molecule has 0 saturated carbocycles. The third kappa shape index (κ3) is 1.29. The fourth-order valence-electron chi connectivity index (χ4n) is 1.05. The van der Waals surface area contributed by atoms with Crippen LogP contribution in [-0.4, -0.2) is 19.0 Å². The fraction of sp³-hybridized carbons (Fsp3) is 0.571. The number of nitrogens with one attached hydrogen (secondary N) is 2. The van der Waals surface area contributed by atoms with Gasteiger partial charge >= 0.3 is 0 Å². The quantitative estimate of drug-likeness (QED) is 0.566. The van der Waals surface area contributed by atoms with Crippen LogP contribution in [0.1, 0.15) is 12.8 Å². The van der Waals surface area contributed by atoms with Gasteiger partial charge in [-0.3, -0.25) is 4.79 Å². The van der Waals surface area contributed by atoms with E-state index in [0.717, 1.165) is 12.1 Å². The van der Waals surface area contributed by atoms with Crippen LogP contribution in [0.4, 0.5) is 0 Å². The minimum Gasteiger partial charge on any atom is -0.390 e. The van der Waals surface area contributed by atoms with Gasteiger partial charge in [0.2, 0.25) is 5.91 Å². The molecule has 1 heterocycles. The lowest BCUT2D eigenvalue weighted by atomic mass is 10.2. The van der Waals surface area contributed by atoms with E-state index in [2.05, 4.69) is 17.2 Å². The molecular formula is C7H12N2O. The van der Waals surface area contributed by atoms with Crippen LogP contribution < -0.4 is 10.6 Å². The standard InChI is InChI=1S/C7H12N2O/c1-5(8-2)6-3-4-7(10)9-6/h6,8H,1,3-4H2,2H3,(H,9,10)/t6-/m1/s1. The number of carbonyl (C=O) groups excluding carboxylic acids is 1. The lowest BCUT2D eigenvalue weighted by Gasteiger charge is -2.11. The first-order chi connectivity index (χ1) is 4.74. The molecule has 0 aromatic heterocycles. The van der Waals surface area contributed by atoms with Crippen molar-refractivity contribution in [1.29, 1.82) is 0 Å².